The smallest absolute Gasteiger partial charge is 0.251 e. The normalized spacial score (nSPS) is 10.3. The van der Waals surface area contributed by atoms with Crippen molar-refractivity contribution < 1.29 is 19.0 Å². The fourth-order valence-corrected chi connectivity index (χ4v) is 2.93. The van der Waals surface area contributed by atoms with E-state index in [2.05, 4.69) is 5.32 Å². The van der Waals surface area contributed by atoms with Crippen LogP contribution in [0, 0.1) is 0 Å². The molecule has 0 aliphatic heterocycles. The first-order valence-electron chi connectivity index (χ1n) is 9.45. The molecule has 0 saturated carbocycles. The molecule has 0 aliphatic carbocycles. The molecule has 1 N–H and O–H groups in total. The molecule has 0 aromatic heterocycles. The molecule has 29 heavy (non-hydrogen) atoms. The zero-order valence-electron chi connectivity index (χ0n) is 16.7. The molecule has 0 heterocycles. The summed E-state index contributed by atoms with van der Waals surface area (Å²) in [5.41, 5.74) is 2.53. The maximum atomic E-state index is 12.5. The molecule has 0 fully saturated rings. The van der Waals surface area contributed by atoms with Crippen molar-refractivity contribution >= 4 is 5.91 Å². The average Bonchev–Trinajstić information content (AvgIpc) is 2.78. The fourth-order valence-electron chi connectivity index (χ4n) is 2.93. The first kappa shape index (κ1) is 20.3. The molecule has 3 rings (SSSR count). The van der Waals surface area contributed by atoms with Gasteiger partial charge in [-0.15, -0.1) is 0 Å². The minimum absolute atomic E-state index is 0.123. The zero-order valence-corrected chi connectivity index (χ0v) is 16.7. The van der Waals surface area contributed by atoms with Crippen LogP contribution in [0.1, 0.15) is 21.5 Å². The number of carbonyl (C=O) groups excluding carboxylic acids is 1. The predicted octanol–water partition coefficient (Wildman–Crippen LogP) is 4.26. The average molecular weight is 391 g/mol. The van der Waals surface area contributed by atoms with Crippen molar-refractivity contribution in [2.75, 3.05) is 20.8 Å². The van der Waals surface area contributed by atoms with E-state index >= 15 is 0 Å². The molecule has 0 atom stereocenters. The summed E-state index contributed by atoms with van der Waals surface area (Å²) in [4.78, 5) is 12.5. The van der Waals surface area contributed by atoms with Crippen LogP contribution in [0.4, 0.5) is 0 Å². The van der Waals surface area contributed by atoms with Gasteiger partial charge in [-0.25, -0.2) is 0 Å². The molecule has 0 radical (unpaired) electrons. The Kier molecular flexibility index (Phi) is 7.11. The van der Waals surface area contributed by atoms with Crippen LogP contribution in [0.25, 0.3) is 0 Å². The molecule has 5 heteroatoms. The second-order valence-electron chi connectivity index (χ2n) is 6.48. The van der Waals surface area contributed by atoms with Crippen LogP contribution in [0.3, 0.4) is 0 Å². The lowest BCUT2D eigenvalue weighted by atomic mass is 10.1. The summed E-state index contributed by atoms with van der Waals surface area (Å²) < 4.78 is 16.4. The molecular formula is C24H25NO4. The van der Waals surface area contributed by atoms with E-state index in [1.165, 1.54) is 0 Å². The molecule has 0 aliphatic rings. The summed E-state index contributed by atoms with van der Waals surface area (Å²) in [6.07, 6.45) is 0.746. The van der Waals surface area contributed by atoms with Crippen LogP contribution in [-0.4, -0.2) is 26.7 Å². The van der Waals surface area contributed by atoms with Crippen molar-refractivity contribution in [3.05, 3.63) is 89.5 Å². The Hall–Kier alpha value is -3.47. The minimum atomic E-state index is -0.123. The number of benzene rings is 3. The van der Waals surface area contributed by atoms with Gasteiger partial charge in [-0.05, 0) is 54.4 Å². The van der Waals surface area contributed by atoms with Gasteiger partial charge in [-0.3, -0.25) is 4.79 Å². The maximum Gasteiger partial charge on any atom is 0.251 e. The Labute approximate surface area is 171 Å². The lowest BCUT2D eigenvalue weighted by molar-refractivity contribution is 0.0954. The van der Waals surface area contributed by atoms with Gasteiger partial charge >= 0.3 is 0 Å². The van der Waals surface area contributed by atoms with Crippen molar-refractivity contribution in [3.8, 4) is 17.2 Å². The largest absolute Gasteiger partial charge is 0.497 e. The molecule has 1 amide bonds. The Morgan fingerprint density at radius 2 is 1.62 bits per heavy atom. The molecule has 3 aromatic rings. The van der Waals surface area contributed by atoms with E-state index in [1.807, 2.05) is 60.7 Å². The van der Waals surface area contributed by atoms with Gasteiger partial charge in [0.15, 0.2) is 0 Å². The van der Waals surface area contributed by atoms with Crippen molar-refractivity contribution in [1.82, 2.24) is 5.32 Å². The molecule has 0 bridgehead atoms. The quantitative estimate of drug-likeness (QED) is 0.592. The number of amides is 1. The predicted molar refractivity (Wildman–Crippen MR) is 113 cm³/mol. The molecule has 3 aromatic carbocycles. The number of carbonyl (C=O) groups is 1. The Morgan fingerprint density at radius 1 is 0.862 bits per heavy atom. The number of para-hydroxylation sites is 1. The first-order valence-corrected chi connectivity index (χ1v) is 9.45. The molecular weight excluding hydrogens is 366 g/mol. The Balaban J connectivity index is 1.59. The summed E-state index contributed by atoms with van der Waals surface area (Å²) in [7, 11) is 3.25. The van der Waals surface area contributed by atoms with Gasteiger partial charge in [-0.2, -0.15) is 0 Å². The van der Waals surface area contributed by atoms with Crippen molar-refractivity contribution in [1.29, 1.82) is 0 Å². The summed E-state index contributed by atoms with van der Waals surface area (Å²) in [5, 5.41) is 2.96. The summed E-state index contributed by atoms with van der Waals surface area (Å²) in [6, 6.07) is 22.7. The zero-order chi connectivity index (χ0) is 20.5. The number of ether oxygens (including phenoxy) is 3. The summed E-state index contributed by atoms with van der Waals surface area (Å²) in [6.45, 7) is 0.868. The van der Waals surface area contributed by atoms with Crippen molar-refractivity contribution in [3.63, 3.8) is 0 Å². The van der Waals surface area contributed by atoms with Crippen LogP contribution in [-0.2, 0) is 13.0 Å². The highest BCUT2D eigenvalue weighted by molar-refractivity contribution is 5.94. The molecule has 0 unspecified atom stereocenters. The van der Waals surface area contributed by atoms with Crippen molar-refractivity contribution in [2.24, 2.45) is 0 Å². The number of hydrogen-bond acceptors (Lipinski definition) is 4. The van der Waals surface area contributed by atoms with Crippen LogP contribution in [0.2, 0.25) is 0 Å². The van der Waals surface area contributed by atoms with Gasteiger partial charge < -0.3 is 19.5 Å². The molecule has 150 valence electrons. The SMILES string of the molecule is COc1ccc(CCNC(=O)c2ccc(OC)c(COc3ccccc3)c2)cc1. The third-order valence-electron chi connectivity index (χ3n) is 4.54. The van der Waals surface area contributed by atoms with Gasteiger partial charge in [0.1, 0.15) is 23.9 Å². The number of methoxy groups -OCH3 is 2. The van der Waals surface area contributed by atoms with E-state index in [0.29, 0.717) is 24.5 Å². The van der Waals surface area contributed by atoms with Crippen molar-refractivity contribution in [2.45, 2.75) is 13.0 Å². The lowest BCUT2D eigenvalue weighted by Crippen LogP contribution is -2.25. The standard InChI is InChI=1S/C24H25NO4/c1-27-21-11-8-18(9-12-21)14-15-25-24(26)19-10-13-23(28-2)20(16-19)17-29-22-6-4-3-5-7-22/h3-13,16H,14-15,17H2,1-2H3,(H,25,26). The summed E-state index contributed by atoms with van der Waals surface area (Å²) >= 11 is 0. The van der Waals surface area contributed by atoms with Crippen LogP contribution in [0.5, 0.6) is 17.2 Å². The van der Waals surface area contributed by atoms with E-state index in [4.69, 9.17) is 14.2 Å². The highest BCUT2D eigenvalue weighted by atomic mass is 16.5. The van der Waals surface area contributed by atoms with Gasteiger partial charge in [0.05, 0.1) is 14.2 Å². The first-order chi connectivity index (χ1) is 14.2. The third-order valence-corrected chi connectivity index (χ3v) is 4.54. The minimum Gasteiger partial charge on any atom is -0.497 e. The maximum absolute atomic E-state index is 12.5. The van der Waals surface area contributed by atoms with Crippen LogP contribution >= 0.6 is 0 Å². The number of rotatable bonds is 9. The molecule has 0 saturated heterocycles. The fraction of sp³-hybridized carbons (Fsp3) is 0.208. The van der Waals surface area contributed by atoms with Gasteiger partial charge in [0.2, 0.25) is 0 Å². The number of nitrogens with one attached hydrogen (secondary N) is 1. The third kappa shape index (κ3) is 5.75. The van der Waals surface area contributed by atoms with E-state index in [1.54, 1.807) is 26.4 Å². The van der Waals surface area contributed by atoms with Gasteiger partial charge in [0.25, 0.3) is 5.91 Å². The molecule has 0 spiro atoms. The summed E-state index contributed by atoms with van der Waals surface area (Å²) in [5.74, 6) is 2.16. The van der Waals surface area contributed by atoms with E-state index in [0.717, 1.165) is 29.0 Å². The van der Waals surface area contributed by atoms with E-state index < -0.39 is 0 Å². The second kappa shape index (κ2) is 10.2. The van der Waals surface area contributed by atoms with Gasteiger partial charge in [-0.1, -0.05) is 30.3 Å². The van der Waals surface area contributed by atoms with Gasteiger partial charge in [0, 0.05) is 17.7 Å². The lowest BCUT2D eigenvalue weighted by Gasteiger charge is -2.12. The highest BCUT2D eigenvalue weighted by Gasteiger charge is 2.11. The second-order valence-corrected chi connectivity index (χ2v) is 6.48. The van der Waals surface area contributed by atoms with E-state index in [9.17, 15) is 4.79 Å². The van der Waals surface area contributed by atoms with Crippen LogP contribution < -0.4 is 19.5 Å². The Morgan fingerprint density at radius 3 is 2.31 bits per heavy atom. The highest BCUT2D eigenvalue weighted by Crippen LogP contribution is 2.22. The topological polar surface area (TPSA) is 56.8 Å². The molecule has 5 nitrogen and oxygen atoms in total. The van der Waals surface area contributed by atoms with E-state index in [-0.39, 0.29) is 5.91 Å². The number of hydrogen-bond donors (Lipinski definition) is 1. The van der Waals surface area contributed by atoms with Crippen LogP contribution in [0.15, 0.2) is 72.8 Å². The monoisotopic (exact) mass is 391 g/mol. The Bertz CT molecular complexity index is 923.